The average Bonchev–Trinajstić information content (AvgIpc) is 3.15. The van der Waals surface area contributed by atoms with Gasteiger partial charge >= 0.3 is 6.18 Å². The van der Waals surface area contributed by atoms with Crippen LogP contribution in [0.3, 0.4) is 0 Å². The zero-order valence-electron chi connectivity index (χ0n) is 17.8. The largest absolute Gasteiger partial charge is 0.493 e. The van der Waals surface area contributed by atoms with Crippen molar-refractivity contribution in [2.45, 2.75) is 25.2 Å². The SMILES string of the molecule is Cn1nc(C2CN(Cc3ccncc3)CCO2)cc1CCOc1cccc(C(F)(F)F)c1. The van der Waals surface area contributed by atoms with Crippen molar-refractivity contribution in [3.8, 4) is 5.75 Å². The van der Waals surface area contributed by atoms with E-state index in [2.05, 4.69) is 15.0 Å². The zero-order chi connectivity index (χ0) is 22.6. The number of pyridine rings is 1. The van der Waals surface area contributed by atoms with Crippen molar-refractivity contribution in [1.29, 1.82) is 0 Å². The molecule has 0 N–H and O–H groups in total. The molecule has 0 aliphatic carbocycles. The fraction of sp³-hybridized carbons (Fsp3) is 0.391. The number of halogens is 3. The fourth-order valence-corrected chi connectivity index (χ4v) is 3.73. The van der Waals surface area contributed by atoms with Crippen molar-refractivity contribution in [1.82, 2.24) is 19.7 Å². The second-order valence-corrected chi connectivity index (χ2v) is 7.76. The van der Waals surface area contributed by atoms with Gasteiger partial charge in [0.2, 0.25) is 0 Å². The number of ether oxygens (including phenoxy) is 2. The van der Waals surface area contributed by atoms with Gasteiger partial charge in [0.05, 0.1) is 24.5 Å². The van der Waals surface area contributed by atoms with E-state index in [0.29, 0.717) is 13.0 Å². The molecule has 3 heterocycles. The minimum atomic E-state index is -4.39. The standard InChI is InChI=1S/C23H25F3N4O2/c1-29-19(7-11-31-20-4-2-3-18(13-20)23(24,25)26)14-21(28-29)22-16-30(10-12-32-22)15-17-5-8-27-9-6-17/h2-6,8-9,13-14,22H,7,10-12,15-16H2,1H3. The Hall–Kier alpha value is -2.91. The van der Waals surface area contributed by atoms with Crippen LogP contribution in [0.2, 0.25) is 0 Å². The fourth-order valence-electron chi connectivity index (χ4n) is 3.73. The number of aromatic nitrogens is 3. The Kier molecular flexibility index (Phi) is 6.76. The zero-order valence-corrected chi connectivity index (χ0v) is 17.8. The predicted molar refractivity (Wildman–Crippen MR) is 112 cm³/mol. The molecule has 1 aliphatic heterocycles. The smallest absolute Gasteiger partial charge is 0.416 e. The number of hydrogen-bond donors (Lipinski definition) is 0. The Morgan fingerprint density at radius 2 is 1.97 bits per heavy atom. The first-order chi connectivity index (χ1) is 15.4. The number of nitrogens with zero attached hydrogens (tertiary/aromatic N) is 4. The molecular formula is C23H25F3N4O2. The summed E-state index contributed by atoms with van der Waals surface area (Å²) in [6.45, 7) is 3.29. The Balaban J connectivity index is 1.33. The van der Waals surface area contributed by atoms with Gasteiger partial charge in [-0.25, -0.2) is 0 Å². The van der Waals surface area contributed by atoms with Gasteiger partial charge in [-0.3, -0.25) is 14.6 Å². The van der Waals surface area contributed by atoms with E-state index in [1.165, 1.54) is 17.7 Å². The summed E-state index contributed by atoms with van der Waals surface area (Å²) in [5, 5.41) is 4.60. The molecule has 3 aromatic rings. The van der Waals surface area contributed by atoms with E-state index in [4.69, 9.17) is 9.47 Å². The first-order valence-corrected chi connectivity index (χ1v) is 10.4. The Morgan fingerprint density at radius 1 is 1.16 bits per heavy atom. The maximum absolute atomic E-state index is 12.9. The van der Waals surface area contributed by atoms with E-state index in [1.807, 2.05) is 25.2 Å². The highest BCUT2D eigenvalue weighted by atomic mass is 19.4. The van der Waals surface area contributed by atoms with Crippen LogP contribution < -0.4 is 4.74 Å². The average molecular weight is 446 g/mol. The molecule has 0 spiro atoms. The van der Waals surface area contributed by atoms with Gasteiger partial charge in [-0.2, -0.15) is 18.3 Å². The summed E-state index contributed by atoms with van der Waals surface area (Å²) < 4.78 is 51.8. The highest BCUT2D eigenvalue weighted by molar-refractivity contribution is 5.30. The highest BCUT2D eigenvalue weighted by Crippen LogP contribution is 2.31. The highest BCUT2D eigenvalue weighted by Gasteiger charge is 2.30. The molecule has 1 aliphatic rings. The molecule has 9 heteroatoms. The first kappa shape index (κ1) is 22.3. The van der Waals surface area contributed by atoms with E-state index in [1.54, 1.807) is 17.1 Å². The molecule has 0 saturated carbocycles. The maximum atomic E-state index is 12.9. The molecule has 0 radical (unpaired) electrons. The van der Waals surface area contributed by atoms with Crippen molar-refractivity contribution < 1.29 is 22.6 Å². The molecule has 1 atom stereocenters. The van der Waals surface area contributed by atoms with E-state index in [0.717, 1.165) is 43.2 Å². The summed E-state index contributed by atoms with van der Waals surface area (Å²) in [6.07, 6.45) is -0.413. The molecule has 6 nitrogen and oxygen atoms in total. The van der Waals surface area contributed by atoms with Crippen molar-refractivity contribution in [2.24, 2.45) is 7.05 Å². The molecule has 0 bridgehead atoms. The van der Waals surface area contributed by atoms with Gasteiger partial charge in [-0.1, -0.05) is 6.07 Å². The Morgan fingerprint density at radius 3 is 2.75 bits per heavy atom. The molecular weight excluding hydrogens is 421 g/mol. The Bertz CT molecular complexity index is 1020. The summed E-state index contributed by atoms with van der Waals surface area (Å²) in [7, 11) is 1.85. The van der Waals surface area contributed by atoms with Crippen molar-refractivity contribution >= 4 is 0 Å². The lowest BCUT2D eigenvalue weighted by molar-refractivity contribution is -0.137. The lowest BCUT2D eigenvalue weighted by Crippen LogP contribution is -2.38. The third-order valence-corrected chi connectivity index (χ3v) is 5.42. The van der Waals surface area contributed by atoms with Crippen LogP contribution in [-0.2, 0) is 30.9 Å². The number of aryl methyl sites for hydroxylation is 1. The van der Waals surface area contributed by atoms with Gasteiger partial charge in [0.25, 0.3) is 0 Å². The topological polar surface area (TPSA) is 52.4 Å². The van der Waals surface area contributed by atoms with Crippen LogP contribution in [-0.4, -0.2) is 46.0 Å². The molecule has 1 saturated heterocycles. The van der Waals surface area contributed by atoms with E-state index in [9.17, 15) is 13.2 Å². The third-order valence-electron chi connectivity index (χ3n) is 5.42. The molecule has 32 heavy (non-hydrogen) atoms. The van der Waals surface area contributed by atoms with Gasteiger partial charge in [-0.05, 0) is 42.0 Å². The van der Waals surface area contributed by atoms with Gasteiger partial charge < -0.3 is 9.47 Å². The molecule has 1 aromatic carbocycles. The van der Waals surface area contributed by atoms with E-state index < -0.39 is 11.7 Å². The first-order valence-electron chi connectivity index (χ1n) is 10.4. The lowest BCUT2D eigenvalue weighted by atomic mass is 10.1. The molecule has 1 unspecified atom stereocenters. The van der Waals surface area contributed by atoms with Crippen LogP contribution in [0.25, 0.3) is 0 Å². The van der Waals surface area contributed by atoms with Crippen molar-refractivity contribution in [3.63, 3.8) is 0 Å². The second kappa shape index (κ2) is 9.70. The quantitative estimate of drug-likeness (QED) is 0.549. The van der Waals surface area contributed by atoms with Crippen LogP contribution in [0, 0.1) is 0 Å². The maximum Gasteiger partial charge on any atom is 0.416 e. The Labute approximate surface area is 184 Å². The van der Waals surface area contributed by atoms with Crippen LogP contribution in [0.15, 0.2) is 54.9 Å². The number of rotatable bonds is 7. The number of morpholine rings is 1. The summed E-state index contributed by atoms with van der Waals surface area (Å²) in [5.74, 6) is 0.199. The number of alkyl halides is 3. The summed E-state index contributed by atoms with van der Waals surface area (Å²) in [6, 6.07) is 10.9. The summed E-state index contributed by atoms with van der Waals surface area (Å²) in [4.78, 5) is 6.38. The van der Waals surface area contributed by atoms with E-state index >= 15 is 0 Å². The van der Waals surface area contributed by atoms with Crippen molar-refractivity contribution in [3.05, 3.63) is 77.4 Å². The summed E-state index contributed by atoms with van der Waals surface area (Å²) >= 11 is 0. The molecule has 1 fully saturated rings. The molecule has 170 valence electrons. The minimum Gasteiger partial charge on any atom is -0.493 e. The molecule has 4 rings (SSSR count). The van der Waals surface area contributed by atoms with Gasteiger partial charge in [-0.15, -0.1) is 0 Å². The second-order valence-electron chi connectivity index (χ2n) is 7.76. The van der Waals surface area contributed by atoms with Crippen LogP contribution >= 0.6 is 0 Å². The van der Waals surface area contributed by atoms with Crippen LogP contribution in [0.5, 0.6) is 5.75 Å². The van der Waals surface area contributed by atoms with E-state index in [-0.39, 0.29) is 18.5 Å². The van der Waals surface area contributed by atoms with Crippen LogP contribution in [0.1, 0.15) is 28.6 Å². The number of benzene rings is 1. The molecule has 0 amide bonds. The third kappa shape index (κ3) is 5.66. The molecule has 2 aromatic heterocycles. The van der Waals surface area contributed by atoms with Gasteiger partial charge in [0.1, 0.15) is 11.9 Å². The summed E-state index contributed by atoms with van der Waals surface area (Å²) in [5.41, 5.74) is 2.26. The van der Waals surface area contributed by atoms with Gasteiger partial charge in [0.15, 0.2) is 0 Å². The monoisotopic (exact) mass is 446 g/mol. The number of hydrogen-bond acceptors (Lipinski definition) is 5. The normalized spacial score (nSPS) is 17.4. The van der Waals surface area contributed by atoms with Crippen molar-refractivity contribution in [2.75, 3.05) is 26.3 Å². The van der Waals surface area contributed by atoms with Crippen LogP contribution in [0.4, 0.5) is 13.2 Å². The predicted octanol–water partition coefficient (Wildman–Crippen LogP) is 4.03. The van der Waals surface area contributed by atoms with Gasteiger partial charge in [0, 0.05) is 51.2 Å². The lowest BCUT2D eigenvalue weighted by Gasteiger charge is -2.32. The minimum absolute atomic E-state index is 0.130.